The van der Waals surface area contributed by atoms with E-state index in [4.69, 9.17) is 10.2 Å². The minimum Gasteiger partial charge on any atom is -0.361 e. The normalized spacial score (nSPS) is 14.7. The van der Waals surface area contributed by atoms with E-state index < -0.39 is 0 Å². The van der Waals surface area contributed by atoms with Crippen molar-refractivity contribution in [3.8, 4) is 0 Å². The Balaban J connectivity index is 1.36. The molecule has 1 saturated heterocycles. The highest BCUT2D eigenvalue weighted by Gasteiger charge is 2.28. The molecule has 1 fully saturated rings. The first-order chi connectivity index (χ1) is 20.7. The summed E-state index contributed by atoms with van der Waals surface area (Å²) in [6.07, 6.45) is 7.06. The topological polar surface area (TPSA) is 87.6 Å². The van der Waals surface area contributed by atoms with Crippen molar-refractivity contribution in [3.05, 3.63) is 119 Å². The maximum atomic E-state index is 13.6. The predicted octanol–water partition coefficient (Wildman–Crippen LogP) is 5.55. The van der Waals surface area contributed by atoms with Crippen LogP contribution in [0.25, 0.3) is 10.9 Å². The second-order valence-electron chi connectivity index (χ2n) is 11.4. The van der Waals surface area contributed by atoms with Gasteiger partial charge in [-0.05, 0) is 67.1 Å². The maximum absolute atomic E-state index is 13.6. The number of aromatic amines is 1. The van der Waals surface area contributed by atoms with Crippen LogP contribution in [0.4, 0.5) is 0 Å². The van der Waals surface area contributed by atoms with Gasteiger partial charge in [-0.15, -0.1) is 10.2 Å². The molecule has 0 aliphatic carbocycles. The number of hydrogen-bond acceptors (Lipinski definition) is 4. The number of piperidine rings is 1. The fraction of sp³-hybridized carbons (Fsp3) is 0.343. The van der Waals surface area contributed by atoms with E-state index in [2.05, 4.69) is 100 Å². The van der Waals surface area contributed by atoms with Crippen LogP contribution in [0.1, 0.15) is 59.7 Å². The second kappa shape index (κ2) is 13.2. The van der Waals surface area contributed by atoms with Gasteiger partial charge < -0.3 is 20.2 Å². The first-order valence-electron chi connectivity index (χ1n) is 15.3. The Morgan fingerprint density at radius 3 is 2.43 bits per heavy atom. The summed E-state index contributed by atoms with van der Waals surface area (Å²) in [5, 5.41) is 17.5. The highest BCUT2D eigenvalue weighted by Crippen LogP contribution is 2.26. The highest BCUT2D eigenvalue weighted by atomic mass is 16.2. The maximum Gasteiger partial charge on any atom is 0.223 e. The van der Waals surface area contributed by atoms with Crippen LogP contribution in [0.15, 0.2) is 85.1 Å². The third kappa shape index (κ3) is 6.47. The summed E-state index contributed by atoms with van der Waals surface area (Å²) < 4.78 is 2.24. The van der Waals surface area contributed by atoms with Gasteiger partial charge in [0.15, 0.2) is 5.82 Å². The van der Waals surface area contributed by atoms with Crippen molar-refractivity contribution in [2.24, 2.45) is 5.92 Å². The molecule has 7 nitrogen and oxygen atoms in total. The monoisotopic (exact) mass is 560 g/mol. The van der Waals surface area contributed by atoms with E-state index >= 15 is 0 Å². The van der Waals surface area contributed by atoms with Gasteiger partial charge in [0.2, 0.25) is 5.91 Å². The van der Waals surface area contributed by atoms with Crippen molar-refractivity contribution in [2.75, 3.05) is 13.1 Å². The lowest BCUT2D eigenvalue weighted by molar-refractivity contribution is -0.126. The van der Waals surface area contributed by atoms with E-state index in [1.807, 2.05) is 12.1 Å². The number of aromatic nitrogens is 4. The quantitative estimate of drug-likeness (QED) is 0.198. The lowest BCUT2D eigenvalue weighted by atomic mass is 9.96. The van der Waals surface area contributed by atoms with Crippen molar-refractivity contribution in [2.45, 2.75) is 58.0 Å². The number of aryl methyl sites for hydroxylation is 3. The molecule has 0 saturated carbocycles. The summed E-state index contributed by atoms with van der Waals surface area (Å²) in [7, 11) is 0. The summed E-state index contributed by atoms with van der Waals surface area (Å²) in [5.41, 5.74) is 6.05. The molecule has 1 unspecified atom stereocenters. The molecule has 2 aromatic heterocycles. The van der Waals surface area contributed by atoms with Gasteiger partial charge in [0.1, 0.15) is 5.82 Å². The Morgan fingerprint density at radius 1 is 0.905 bits per heavy atom. The molecule has 0 radical (unpaired) electrons. The molecule has 0 spiro atoms. The lowest BCUT2D eigenvalue weighted by Crippen LogP contribution is -2.41. The van der Waals surface area contributed by atoms with Crippen molar-refractivity contribution >= 4 is 16.8 Å². The van der Waals surface area contributed by atoms with Crippen LogP contribution >= 0.6 is 0 Å². The molecular weight excluding hydrogens is 520 g/mol. The summed E-state index contributed by atoms with van der Waals surface area (Å²) in [5.74, 6) is 1.86. The number of carbonyl (C=O) groups excluding carboxylic acids is 1. The molecule has 216 valence electrons. The Bertz CT molecular complexity index is 1600. The van der Waals surface area contributed by atoms with Gasteiger partial charge in [-0.1, -0.05) is 79.7 Å². The largest absolute Gasteiger partial charge is 0.361 e. The van der Waals surface area contributed by atoms with E-state index in [0.29, 0.717) is 13.0 Å². The zero-order valence-corrected chi connectivity index (χ0v) is 24.4. The number of rotatable bonds is 11. The molecule has 1 atom stereocenters. The number of hydrogen-bond donors (Lipinski definition) is 3. The van der Waals surface area contributed by atoms with Crippen LogP contribution in [0.3, 0.4) is 0 Å². The zero-order valence-electron chi connectivity index (χ0n) is 24.4. The van der Waals surface area contributed by atoms with Gasteiger partial charge in [0.25, 0.3) is 0 Å². The average Bonchev–Trinajstić information content (AvgIpc) is 3.64. The average molecular weight is 561 g/mol. The molecule has 1 aliphatic rings. The minimum atomic E-state index is -0.306. The third-order valence-electron chi connectivity index (χ3n) is 8.55. The first kappa shape index (κ1) is 27.9. The smallest absolute Gasteiger partial charge is 0.223 e. The number of benzene rings is 3. The van der Waals surface area contributed by atoms with E-state index in [1.54, 1.807) is 0 Å². The van der Waals surface area contributed by atoms with Crippen LogP contribution < -0.4 is 10.6 Å². The fourth-order valence-corrected chi connectivity index (χ4v) is 6.03. The summed E-state index contributed by atoms with van der Waals surface area (Å²) in [6.45, 7) is 4.58. The van der Waals surface area contributed by atoms with Crippen molar-refractivity contribution in [1.82, 2.24) is 30.4 Å². The number of nitrogens with zero attached hydrogens (tertiary/aromatic N) is 3. The molecule has 6 rings (SSSR count). The van der Waals surface area contributed by atoms with Gasteiger partial charge in [-0.3, -0.25) is 4.79 Å². The molecule has 3 heterocycles. The summed E-state index contributed by atoms with van der Waals surface area (Å²) >= 11 is 0. The Morgan fingerprint density at radius 2 is 1.64 bits per heavy atom. The van der Waals surface area contributed by atoms with E-state index in [1.165, 1.54) is 22.1 Å². The van der Waals surface area contributed by atoms with Crippen LogP contribution in [-0.2, 0) is 37.0 Å². The lowest BCUT2D eigenvalue weighted by Gasteiger charge is -2.26. The molecule has 1 aliphatic heterocycles. The standard InChI is InChI=1S/C35H40N6O/c1-2-25-12-14-27(15-13-25)24-41-33(17-16-26-8-4-3-5-9-26)39-40-34(41)32(38-35(42)28-18-20-36-21-19-28)22-29-23-37-31-11-7-6-10-30(29)31/h3-15,23,28,32,36-37H,2,16-22,24H2,1H3,(H,38,42). The molecule has 0 bridgehead atoms. The van der Waals surface area contributed by atoms with Crippen molar-refractivity contribution < 1.29 is 4.79 Å². The number of H-pyrrole nitrogens is 1. The Labute approximate surface area is 247 Å². The molecule has 3 aromatic carbocycles. The summed E-state index contributed by atoms with van der Waals surface area (Å²) in [6, 6.07) is 27.3. The minimum absolute atomic E-state index is 0.00669. The predicted molar refractivity (Wildman–Crippen MR) is 167 cm³/mol. The summed E-state index contributed by atoms with van der Waals surface area (Å²) in [4.78, 5) is 17.0. The van der Waals surface area contributed by atoms with E-state index in [0.717, 1.165) is 67.9 Å². The third-order valence-corrected chi connectivity index (χ3v) is 8.55. The number of para-hydroxylation sites is 1. The number of amides is 1. The highest BCUT2D eigenvalue weighted by molar-refractivity contribution is 5.83. The van der Waals surface area contributed by atoms with E-state index in [-0.39, 0.29) is 17.9 Å². The fourth-order valence-electron chi connectivity index (χ4n) is 6.03. The number of nitrogens with one attached hydrogen (secondary N) is 3. The molecule has 7 heteroatoms. The van der Waals surface area contributed by atoms with Gasteiger partial charge in [0.05, 0.1) is 12.6 Å². The molecular formula is C35H40N6O. The first-order valence-corrected chi connectivity index (χ1v) is 15.3. The molecule has 1 amide bonds. The molecule has 42 heavy (non-hydrogen) atoms. The Hall–Kier alpha value is -4.23. The van der Waals surface area contributed by atoms with Crippen LogP contribution in [0.2, 0.25) is 0 Å². The Kier molecular flexibility index (Phi) is 8.75. The number of carbonyl (C=O) groups is 1. The number of fused-ring (bicyclic) bond motifs is 1. The molecule has 3 N–H and O–H groups in total. The zero-order chi connectivity index (χ0) is 28.7. The second-order valence-corrected chi connectivity index (χ2v) is 11.4. The SMILES string of the molecule is CCc1ccc(Cn2c(CCc3ccccc3)nnc2C(Cc2c[nH]c3ccccc23)NC(=O)C2CCNCC2)cc1. The van der Waals surface area contributed by atoms with Crippen molar-refractivity contribution in [1.29, 1.82) is 0 Å². The van der Waals surface area contributed by atoms with Crippen LogP contribution in [0, 0.1) is 5.92 Å². The van der Waals surface area contributed by atoms with Crippen LogP contribution in [0.5, 0.6) is 0 Å². The van der Waals surface area contributed by atoms with Gasteiger partial charge >= 0.3 is 0 Å². The van der Waals surface area contributed by atoms with Gasteiger partial charge in [0, 0.05) is 35.9 Å². The van der Waals surface area contributed by atoms with Gasteiger partial charge in [-0.25, -0.2) is 0 Å². The van der Waals surface area contributed by atoms with Gasteiger partial charge in [-0.2, -0.15) is 0 Å². The van der Waals surface area contributed by atoms with Crippen LogP contribution in [-0.4, -0.2) is 38.7 Å². The van der Waals surface area contributed by atoms with Crippen molar-refractivity contribution in [3.63, 3.8) is 0 Å². The molecule has 5 aromatic rings. The van der Waals surface area contributed by atoms with E-state index in [9.17, 15) is 4.79 Å².